The Balaban J connectivity index is 1.87. The van der Waals surface area contributed by atoms with Gasteiger partial charge in [-0.2, -0.15) is 0 Å². The third-order valence-electron chi connectivity index (χ3n) is 3.56. The molecule has 0 aliphatic carbocycles. The van der Waals surface area contributed by atoms with Crippen LogP contribution in [0.15, 0.2) is 93.4 Å². The number of nitrogens with zero attached hydrogens (tertiary/aromatic N) is 2. The molecule has 2 nitrogen and oxygen atoms in total. The topological polar surface area (TPSA) is 17.3 Å². The van der Waals surface area contributed by atoms with Crippen molar-refractivity contribution in [2.45, 2.75) is 9.92 Å². The van der Waals surface area contributed by atoms with Crippen LogP contribution in [0.4, 0.5) is 0 Å². The molecule has 0 atom stereocenters. The van der Waals surface area contributed by atoms with Crippen molar-refractivity contribution in [2.75, 3.05) is 0 Å². The van der Waals surface area contributed by atoms with Crippen LogP contribution >= 0.6 is 27.7 Å². The summed E-state index contributed by atoms with van der Waals surface area (Å²) in [7, 11) is 0. The van der Waals surface area contributed by atoms with Gasteiger partial charge in [0.1, 0.15) is 16.4 Å². The van der Waals surface area contributed by atoms with Gasteiger partial charge in [-0.25, -0.2) is 4.98 Å². The zero-order valence-corrected chi connectivity index (χ0v) is 14.6. The molecule has 0 radical (unpaired) electrons. The first-order chi connectivity index (χ1) is 11.3. The molecule has 2 heterocycles. The first-order valence-corrected chi connectivity index (χ1v) is 8.88. The Morgan fingerprint density at radius 1 is 0.826 bits per heavy atom. The Labute approximate surface area is 147 Å². The summed E-state index contributed by atoms with van der Waals surface area (Å²) in [5, 5.41) is 1.13. The van der Waals surface area contributed by atoms with E-state index in [9.17, 15) is 0 Å². The lowest BCUT2D eigenvalue weighted by Gasteiger charge is -2.05. The normalized spacial score (nSPS) is 11.0. The smallest absolute Gasteiger partial charge is 0.138 e. The molecule has 0 aliphatic rings. The number of hydrogen-bond donors (Lipinski definition) is 0. The highest BCUT2D eigenvalue weighted by molar-refractivity contribution is 9.10. The number of halogens is 1. The van der Waals surface area contributed by atoms with Crippen LogP contribution in [-0.2, 0) is 0 Å². The second-order valence-electron chi connectivity index (χ2n) is 5.12. The molecule has 0 saturated carbocycles. The standard InChI is InChI=1S/C19H13BrN2S/c20-15-9-11-16(12-10-15)23-19-18(14-6-2-1-3-7-14)21-17-8-4-5-13-22(17)19/h1-13H. The number of imidazole rings is 1. The second kappa shape index (κ2) is 6.22. The van der Waals surface area contributed by atoms with Gasteiger partial charge < -0.3 is 0 Å². The van der Waals surface area contributed by atoms with E-state index in [1.165, 1.54) is 4.90 Å². The van der Waals surface area contributed by atoms with Crippen molar-refractivity contribution in [3.63, 3.8) is 0 Å². The van der Waals surface area contributed by atoms with Crippen molar-refractivity contribution >= 4 is 33.3 Å². The summed E-state index contributed by atoms with van der Waals surface area (Å²) >= 11 is 5.22. The quantitative estimate of drug-likeness (QED) is 0.439. The van der Waals surface area contributed by atoms with Crippen LogP contribution in [0, 0.1) is 0 Å². The largest absolute Gasteiger partial charge is 0.294 e. The summed E-state index contributed by atoms with van der Waals surface area (Å²) in [6, 6.07) is 24.8. The van der Waals surface area contributed by atoms with Gasteiger partial charge in [-0.1, -0.05) is 64.1 Å². The van der Waals surface area contributed by atoms with E-state index in [1.54, 1.807) is 11.8 Å². The minimum Gasteiger partial charge on any atom is -0.294 e. The minimum absolute atomic E-state index is 0.964. The van der Waals surface area contributed by atoms with Gasteiger partial charge in [-0.05, 0) is 36.4 Å². The number of hydrogen-bond acceptors (Lipinski definition) is 2. The SMILES string of the molecule is Brc1ccc(Sc2c(-c3ccccc3)nc3ccccn23)cc1. The molecule has 112 valence electrons. The zero-order valence-electron chi connectivity index (χ0n) is 12.2. The fraction of sp³-hybridized carbons (Fsp3) is 0. The van der Waals surface area contributed by atoms with Crippen LogP contribution in [0.5, 0.6) is 0 Å². The van der Waals surface area contributed by atoms with Crippen molar-refractivity contribution < 1.29 is 0 Å². The molecule has 2 aromatic carbocycles. The lowest BCUT2D eigenvalue weighted by atomic mass is 10.2. The molecule has 4 aromatic rings. The van der Waals surface area contributed by atoms with Crippen molar-refractivity contribution in [3.05, 3.63) is 83.5 Å². The molecule has 0 unspecified atom stereocenters. The predicted molar refractivity (Wildman–Crippen MR) is 98.9 cm³/mol. The second-order valence-corrected chi connectivity index (χ2v) is 7.09. The van der Waals surface area contributed by atoms with E-state index in [1.807, 2.05) is 36.4 Å². The first-order valence-electron chi connectivity index (χ1n) is 7.27. The summed E-state index contributed by atoms with van der Waals surface area (Å²) in [4.78, 5) is 6.02. The zero-order chi connectivity index (χ0) is 15.6. The number of benzene rings is 2. The van der Waals surface area contributed by atoms with Gasteiger partial charge in [-0.3, -0.25) is 4.40 Å². The van der Waals surface area contributed by atoms with Gasteiger partial charge >= 0.3 is 0 Å². The Morgan fingerprint density at radius 3 is 2.35 bits per heavy atom. The third kappa shape index (κ3) is 2.92. The van der Waals surface area contributed by atoms with Crippen molar-refractivity contribution in [3.8, 4) is 11.3 Å². The van der Waals surface area contributed by atoms with E-state index >= 15 is 0 Å². The van der Waals surface area contributed by atoms with Gasteiger partial charge in [0.25, 0.3) is 0 Å². The third-order valence-corrected chi connectivity index (χ3v) is 5.18. The summed E-state index contributed by atoms with van der Waals surface area (Å²) in [5.41, 5.74) is 3.12. The fourth-order valence-corrected chi connectivity index (χ4v) is 3.74. The van der Waals surface area contributed by atoms with Crippen LogP contribution in [-0.4, -0.2) is 9.38 Å². The van der Waals surface area contributed by atoms with Crippen molar-refractivity contribution in [1.29, 1.82) is 0 Å². The lowest BCUT2D eigenvalue weighted by molar-refractivity contribution is 1.05. The summed E-state index contributed by atoms with van der Waals surface area (Å²) in [6.07, 6.45) is 2.07. The predicted octanol–water partition coefficient (Wildman–Crippen LogP) is 5.92. The molecule has 4 heteroatoms. The highest BCUT2D eigenvalue weighted by Gasteiger charge is 2.14. The molecule has 0 saturated heterocycles. The molecule has 0 fully saturated rings. The number of pyridine rings is 1. The van der Waals surface area contributed by atoms with Gasteiger partial charge in [0.05, 0.1) is 0 Å². The maximum atomic E-state index is 4.83. The maximum Gasteiger partial charge on any atom is 0.138 e. The van der Waals surface area contributed by atoms with E-state index in [4.69, 9.17) is 4.98 Å². The van der Waals surface area contributed by atoms with Crippen molar-refractivity contribution in [2.24, 2.45) is 0 Å². The molecular weight excluding hydrogens is 368 g/mol. The highest BCUT2D eigenvalue weighted by Crippen LogP contribution is 2.36. The van der Waals surface area contributed by atoms with Crippen LogP contribution < -0.4 is 0 Å². The van der Waals surface area contributed by atoms with Gasteiger partial charge in [-0.15, -0.1) is 0 Å². The summed E-state index contributed by atoms with van der Waals surface area (Å²) in [5.74, 6) is 0. The minimum atomic E-state index is 0.964. The summed E-state index contributed by atoms with van der Waals surface area (Å²) < 4.78 is 3.23. The van der Waals surface area contributed by atoms with Crippen LogP contribution in [0.25, 0.3) is 16.9 Å². The van der Waals surface area contributed by atoms with Crippen molar-refractivity contribution in [1.82, 2.24) is 9.38 Å². The number of rotatable bonds is 3. The van der Waals surface area contributed by atoms with Gasteiger partial charge in [0, 0.05) is 21.1 Å². The van der Waals surface area contributed by atoms with E-state index in [-0.39, 0.29) is 0 Å². The Morgan fingerprint density at radius 2 is 1.57 bits per heavy atom. The Kier molecular flexibility index (Phi) is 3.93. The van der Waals surface area contributed by atoms with E-state index in [2.05, 4.69) is 62.9 Å². The van der Waals surface area contributed by atoms with E-state index in [0.717, 1.165) is 26.4 Å². The number of aromatic nitrogens is 2. The van der Waals surface area contributed by atoms with E-state index < -0.39 is 0 Å². The van der Waals surface area contributed by atoms with Gasteiger partial charge in [0.2, 0.25) is 0 Å². The Hall–Kier alpha value is -2.04. The summed E-state index contributed by atoms with van der Waals surface area (Å²) in [6.45, 7) is 0. The molecular formula is C19H13BrN2S. The molecule has 0 bridgehead atoms. The van der Waals surface area contributed by atoms with E-state index in [0.29, 0.717) is 0 Å². The first kappa shape index (κ1) is 14.5. The fourth-order valence-electron chi connectivity index (χ4n) is 2.47. The maximum absolute atomic E-state index is 4.83. The number of fused-ring (bicyclic) bond motifs is 1. The lowest BCUT2D eigenvalue weighted by Crippen LogP contribution is -1.86. The monoisotopic (exact) mass is 380 g/mol. The molecule has 2 aromatic heterocycles. The molecule has 0 N–H and O–H groups in total. The van der Waals surface area contributed by atoms with Crippen LogP contribution in [0.1, 0.15) is 0 Å². The molecule has 0 spiro atoms. The molecule has 4 rings (SSSR count). The van der Waals surface area contributed by atoms with Gasteiger partial charge in [0.15, 0.2) is 0 Å². The van der Waals surface area contributed by atoms with Crippen LogP contribution in [0.3, 0.4) is 0 Å². The average molecular weight is 381 g/mol. The van der Waals surface area contributed by atoms with Crippen LogP contribution in [0.2, 0.25) is 0 Å². The Bertz CT molecular complexity index is 946. The highest BCUT2D eigenvalue weighted by atomic mass is 79.9. The molecule has 0 aliphatic heterocycles. The molecule has 0 amide bonds. The average Bonchev–Trinajstić information content (AvgIpc) is 2.96. The molecule has 23 heavy (non-hydrogen) atoms.